The fourth-order valence-corrected chi connectivity index (χ4v) is 14.7. The van der Waals surface area contributed by atoms with Crippen molar-refractivity contribution in [2.24, 2.45) is 0 Å². The minimum atomic E-state index is -4.69. The average Bonchev–Trinajstić information content (AvgIpc) is 3.81. The van der Waals surface area contributed by atoms with Crippen molar-refractivity contribution in [2.75, 3.05) is 62.6 Å². The van der Waals surface area contributed by atoms with Gasteiger partial charge in [0, 0.05) is 71.6 Å². The molecule has 0 radical (unpaired) electrons. The van der Waals surface area contributed by atoms with Crippen LogP contribution in [-0.4, -0.2) is 113 Å². The third-order valence-corrected chi connectivity index (χ3v) is 19.0. The Morgan fingerprint density at radius 3 is 2.11 bits per heavy atom. The predicted octanol–water partition coefficient (Wildman–Crippen LogP) is 10.9. The number of ether oxygens (including phenoxy) is 3. The molecule has 1 amide bonds. The van der Waals surface area contributed by atoms with Crippen LogP contribution in [0, 0.1) is 0 Å². The number of unbranched alkanes of at least 4 members (excludes halogenated alkanes) is 5. The minimum absolute atomic E-state index is 0.0740. The Hall–Kier alpha value is -4.70. The molecule has 0 spiro atoms. The highest BCUT2D eigenvalue weighted by Gasteiger charge is 2.53. The molecule has 0 fully saturated rings. The Bertz CT molecular complexity index is 3260. The maximum atomic E-state index is 13.3. The van der Waals surface area contributed by atoms with E-state index in [9.17, 15) is 43.7 Å². The second-order valence-corrected chi connectivity index (χ2v) is 26.5. The largest absolute Gasteiger partial charge is 0.457 e. The standard InChI is InChI=1S/C59H76ClN3O13S3/c1-4-5-31-58(2)50(62-35-13-17-42-21-27-48(78(68,69)70)52(58)54(42)62)29-23-44-15-12-16-45(56(44)76-47-25-19-46(20-26-47)57(64)61-34-38-75-40-39-74-37-10-7-6-9-33-60)24-30-51-59(3,32-8-11-41-77(65,66)67)53-49(79(71,72)73)28-22-43-18-14-36-63(51)55(43)53/h19-30H,4-18,31-41H2,1-3H3,(H3-,61,64,65,66,67,68,69,70,71,72,73)/p+1. The zero-order valence-electron chi connectivity index (χ0n) is 45.7. The van der Waals surface area contributed by atoms with Gasteiger partial charge in [0.2, 0.25) is 5.69 Å². The fraction of sp³-hybridized carbons (Fsp3) is 0.525. The molecule has 16 nitrogen and oxygen atoms in total. The van der Waals surface area contributed by atoms with Crippen LogP contribution in [0.15, 0.2) is 105 Å². The van der Waals surface area contributed by atoms with Crippen LogP contribution in [0.1, 0.15) is 150 Å². The first-order chi connectivity index (χ1) is 37.7. The van der Waals surface area contributed by atoms with Crippen LogP contribution in [0.3, 0.4) is 0 Å². The molecule has 0 aromatic heterocycles. The topological polar surface area (TPSA) is 226 Å². The van der Waals surface area contributed by atoms with Crippen molar-refractivity contribution >= 4 is 64.9 Å². The van der Waals surface area contributed by atoms with Crippen molar-refractivity contribution < 1.29 is 62.5 Å². The van der Waals surface area contributed by atoms with Crippen molar-refractivity contribution in [3.8, 4) is 5.75 Å². The quantitative estimate of drug-likeness (QED) is 0.0230. The Morgan fingerprint density at radius 2 is 1.41 bits per heavy atom. The highest BCUT2D eigenvalue weighted by atomic mass is 35.5. The number of carbonyl (C=O) groups excluding carboxylic acids is 1. The van der Waals surface area contributed by atoms with Crippen LogP contribution in [-0.2, 0) is 63.5 Å². The van der Waals surface area contributed by atoms with Gasteiger partial charge in [-0.05, 0) is 150 Å². The van der Waals surface area contributed by atoms with E-state index in [-0.39, 0.29) is 22.1 Å². The Labute approximate surface area is 472 Å². The molecule has 79 heavy (non-hydrogen) atoms. The van der Waals surface area contributed by atoms with Gasteiger partial charge in [0.05, 0.1) is 36.6 Å². The van der Waals surface area contributed by atoms with Crippen LogP contribution in [0.5, 0.6) is 5.75 Å². The maximum absolute atomic E-state index is 13.3. The van der Waals surface area contributed by atoms with Gasteiger partial charge in [0.15, 0.2) is 5.71 Å². The van der Waals surface area contributed by atoms with Crippen molar-refractivity contribution in [3.63, 3.8) is 0 Å². The number of hydrogen-bond acceptors (Lipinski definition) is 11. The van der Waals surface area contributed by atoms with E-state index in [1.165, 1.54) is 6.07 Å². The molecule has 8 rings (SSSR count). The molecule has 5 aliphatic rings. The second kappa shape index (κ2) is 26.0. The van der Waals surface area contributed by atoms with Gasteiger partial charge < -0.3 is 24.4 Å². The van der Waals surface area contributed by atoms with E-state index in [0.717, 1.165) is 109 Å². The van der Waals surface area contributed by atoms with E-state index in [1.54, 1.807) is 36.4 Å². The molecule has 4 aliphatic heterocycles. The van der Waals surface area contributed by atoms with Crippen molar-refractivity contribution in [3.05, 3.63) is 123 Å². The lowest BCUT2D eigenvalue weighted by molar-refractivity contribution is -0.443. The van der Waals surface area contributed by atoms with E-state index in [0.29, 0.717) is 119 Å². The number of amides is 1. The molecule has 4 N–H and O–H groups in total. The van der Waals surface area contributed by atoms with Crippen LogP contribution >= 0.6 is 11.6 Å². The molecule has 430 valence electrons. The number of alkyl halides is 1. The normalized spacial score (nSPS) is 21.2. The molecule has 3 aromatic carbocycles. The van der Waals surface area contributed by atoms with Crippen LogP contribution in [0.25, 0.3) is 0 Å². The third-order valence-electron chi connectivity index (χ3n) is 16.1. The summed E-state index contributed by atoms with van der Waals surface area (Å²) in [6.45, 7) is 9.54. The zero-order chi connectivity index (χ0) is 56.6. The average molecular weight is 1170 g/mol. The summed E-state index contributed by atoms with van der Waals surface area (Å²) in [6.07, 6.45) is 20.5. The van der Waals surface area contributed by atoms with E-state index >= 15 is 0 Å². The molecule has 0 saturated heterocycles. The second-order valence-electron chi connectivity index (χ2n) is 21.7. The first-order valence-corrected chi connectivity index (χ1v) is 33.0. The van der Waals surface area contributed by atoms with Crippen molar-refractivity contribution in [1.29, 1.82) is 0 Å². The SMILES string of the molecule is CCCCC1(C)/C(=C\C=C2/CCCC(/C=C/C3=[N+]4CCCc5ccc(S(=O)(=O)O)c(c54)C3(C)CCCCS(=O)(=O)O)=C2Oc2ccc(C(=O)NCCOCCOCCCCCCCl)cc2)N2CCCc3ccc(S(=O)(=O)O)c1c32. The summed E-state index contributed by atoms with van der Waals surface area (Å²) < 4.78 is 127. The third kappa shape index (κ3) is 14.0. The smallest absolute Gasteiger partial charge is 0.295 e. The Balaban J connectivity index is 1.14. The molecule has 0 saturated carbocycles. The van der Waals surface area contributed by atoms with Gasteiger partial charge in [-0.25, -0.2) is 0 Å². The monoisotopic (exact) mass is 1170 g/mol. The van der Waals surface area contributed by atoms with Crippen LogP contribution in [0.2, 0.25) is 0 Å². The number of halogens is 1. The van der Waals surface area contributed by atoms with Gasteiger partial charge in [-0.15, -0.1) is 11.6 Å². The van der Waals surface area contributed by atoms with Gasteiger partial charge in [0.1, 0.15) is 27.8 Å². The molecular weight excluding hydrogens is 1090 g/mol. The number of allylic oxidation sites excluding steroid dienone is 7. The fourth-order valence-electron chi connectivity index (χ4n) is 12.3. The number of nitrogens with one attached hydrogen (secondary N) is 1. The van der Waals surface area contributed by atoms with E-state index in [4.69, 9.17) is 25.8 Å². The molecule has 3 aromatic rings. The van der Waals surface area contributed by atoms with E-state index in [2.05, 4.69) is 40.8 Å². The molecule has 1 aliphatic carbocycles. The van der Waals surface area contributed by atoms with Gasteiger partial charge in [0.25, 0.3) is 36.3 Å². The van der Waals surface area contributed by atoms with E-state index < -0.39 is 46.9 Å². The summed E-state index contributed by atoms with van der Waals surface area (Å²) in [6, 6.07) is 13.5. The van der Waals surface area contributed by atoms with Crippen molar-refractivity contribution in [1.82, 2.24) is 5.32 Å². The minimum Gasteiger partial charge on any atom is -0.457 e. The molecule has 0 bridgehead atoms. The lowest BCUT2D eigenvalue weighted by atomic mass is 9.74. The Kier molecular flexibility index (Phi) is 19.9. The van der Waals surface area contributed by atoms with E-state index in [1.807, 2.05) is 25.1 Å². The van der Waals surface area contributed by atoms with Crippen LogP contribution in [0.4, 0.5) is 11.4 Å². The summed E-state index contributed by atoms with van der Waals surface area (Å²) in [7, 11) is -13.5. The zero-order valence-corrected chi connectivity index (χ0v) is 48.9. The summed E-state index contributed by atoms with van der Waals surface area (Å²) in [4.78, 5) is 15.3. The molecule has 4 heterocycles. The highest BCUT2D eigenvalue weighted by molar-refractivity contribution is 7.86. The lowest BCUT2D eigenvalue weighted by Crippen LogP contribution is -2.33. The maximum Gasteiger partial charge on any atom is 0.295 e. The molecule has 2 atom stereocenters. The molecular formula is C59H77ClN3O13S3+. The summed E-state index contributed by atoms with van der Waals surface area (Å²) in [5.74, 6) is 1.01. The lowest BCUT2D eigenvalue weighted by Gasteiger charge is -2.32. The molecule has 2 unspecified atom stereocenters. The van der Waals surface area contributed by atoms with Gasteiger partial charge in [-0.2, -0.15) is 29.8 Å². The number of carbonyl (C=O) groups is 1. The predicted molar refractivity (Wildman–Crippen MR) is 307 cm³/mol. The molecule has 20 heteroatoms. The summed E-state index contributed by atoms with van der Waals surface area (Å²) >= 11 is 5.75. The van der Waals surface area contributed by atoms with Gasteiger partial charge in [-0.1, -0.05) is 57.2 Å². The first kappa shape index (κ1) is 60.4. The van der Waals surface area contributed by atoms with Crippen LogP contribution < -0.4 is 15.0 Å². The number of aryl methyl sites for hydroxylation is 2. The number of benzene rings is 3. The first-order valence-electron chi connectivity index (χ1n) is 28.0. The number of nitrogens with zero attached hydrogens (tertiary/aromatic N) is 2. The number of rotatable bonds is 28. The Morgan fingerprint density at radius 1 is 0.722 bits per heavy atom. The summed E-state index contributed by atoms with van der Waals surface area (Å²) in [5, 5.41) is 2.92. The number of hydrogen-bond donors (Lipinski definition) is 4. The van der Waals surface area contributed by atoms with Crippen molar-refractivity contribution in [2.45, 2.75) is 151 Å². The number of anilines is 1. The van der Waals surface area contributed by atoms with Gasteiger partial charge >= 0.3 is 0 Å². The summed E-state index contributed by atoms with van der Waals surface area (Å²) in [5.41, 5.74) is 6.72. The van der Waals surface area contributed by atoms with Gasteiger partial charge in [-0.3, -0.25) is 18.5 Å². The highest BCUT2D eigenvalue weighted by Crippen LogP contribution is 2.56.